The second kappa shape index (κ2) is 21.9. The summed E-state index contributed by atoms with van der Waals surface area (Å²) in [7, 11) is 0. The van der Waals surface area contributed by atoms with Crippen LogP contribution < -0.4 is 4.90 Å². The quantitative estimate of drug-likeness (QED) is 0.0875. The molecule has 0 aliphatic carbocycles. The molecule has 0 atom stereocenters. The van der Waals surface area contributed by atoms with Gasteiger partial charge < -0.3 is 14.4 Å². The Hall–Kier alpha value is -3.76. The molecule has 7 heteroatoms. The maximum Gasteiger partial charge on any atom is 0.259 e. The van der Waals surface area contributed by atoms with E-state index in [1.807, 2.05) is 19.1 Å². The van der Waals surface area contributed by atoms with Crippen molar-refractivity contribution in [3.05, 3.63) is 45.3 Å². The smallest absolute Gasteiger partial charge is 0.259 e. The Morgan fingerprint density at radius 3 is 1.74 bits per heavy atom. The third kappa shape index (κ3) is 10.4. The number of hydrogen-bond acceptors (Lipinski definition) is 5. The maximum atomic E-state index is 13.8. The van der Waals surface area contributed by atoms with Gasteiger partial charge in [0.05, 0.1) is 16.8 Å². The number of hydrogen-bond donors (Lipinski definition) is 0. The van der Waals surface area contributed by atoms with Gasteiger partial charge in [0, 0.05) is 31.9 Å². The second-order valence-corrected chi connectivity index (χ2v) is 12.7. The Morgan fingerprint density at radius 1 is 0.702 bits per heavy atom. The average molecular weight is 641 g/mol. The molecular weight excluding hydrogens is 580 g/mol. The lowest BCUT2D eigenvalue weighted by atomic mass is 9.97. The number of rotatable bonds is 23. The zero-order valence-corrected chi connectivity index (χ0v) is 30.4. The predicted octanol–water partition coefficient (Wildman–Crippen LogP) is 9.94. The van der Waals surface area contributed by atoms with Crippen molar-refractivity contribution >= 4 is 17.8 Å². The normalized spacial score (nSPS) is 13.0. The summed E-state index contributed by atoms with van der Waals surface area (Å²) >= 11 is 0. The topological polar surface area (TPSA) is 99.8 Å². The van der Waals surface area contributed by atoms with E-state index in [1.54, 1.807) is 6.08 Å². The summed E-state index contributed by atoms with van der Waals surface area (Å²) in [5, 5.41) is 29.7. The van der Waals surface area contributed by atoms with E-state index >= 15 is 0 Å². The summed E-state index contributed by atoms with van der Waals surface area (Å²) in [6.07, 6.45) is 21.5. The lowest BCUT2D eigenvalue weighted by Gasteiger charge is -2.28. The molecule has 1 aromatic rings. The molecule has 0 aromatic carbocycles. The van der Waals surface area contributed by atoms with E-state index in [-0.39, 0.29) is 28.3 Å². The van der Waals surface area contributed by atoms with Crippen LogP contribution in [0.5, 0.6) is 0 Å². The number of carbonyl (C=O) groups excluding carboxylic acids is 1. The highest BCUT2D eigenvalue weighted by atomic mass is 16.2. The van der Waals surface area contributed by atoms with E-state index in [1.165, 1.54) is 60.4 Å². The highest BCUT2D eigenvalue weighted by Crippen LogP contribution is 2.37. The van der Waals surface area contributed by atoms with Crippen molar-refractivity contribution < 1.29 is 4.79 Å². The Morgan fingerprint density at radius 2 is 1.26 bits per heavy atom. The van der Waals surface area contributed by atoms with Crippen molar-refractivity contribution in [1.29, 1.82) is 15.8 Å². The number of amides is 1. The van der Waals surface area contributed by atoms with Crippen molar-refractivity contribution in [3.8, 4) is 18.2 Å². The standard InChI is InChI=1S/C40H60N6O/c1-7-13-18-20-22-33-34(23-21-19-14-8-2)39(44(26-15-9-3)27-16-10-4)45(12-6)37(33)25-24-35-36(31-43)38(32(29-41)30-42)46(40(35)47)28-17-11-5/h24-25H,7-23,26-28H2,1-6H3/b25-24+. The minimum atomic E-state index is -0.309. The Labute approximate surface area is 286 Å². The molecule has 2 rings (SSSR count). The monoisotopic (exact) mass is 640 g/mol. The molecule has 0 bridgehead atoms. The summed E-state index contributed by atoms with van der Waals surface area (Å²) in [4.78, 5) is 17.9. The molecule has 0 radical (unpaired) electrons. The van der Waals surface area contributed by atoms with Gasteiger partial charge >= 0.3 is 0 Å². The summed E-state index contributed by atoms with van der Waals surface area (Å²) in [5.74, 6) is 1.03. The molecule has 7 nitrogen and oxygen atoms in total. The van der Waals surface area contributed by atoms with Crippen molar-refractivity contribution in [3.63, 3.8) is 0 Å². The Balaban J connectivity index is 2.87. The molecule has 0 unspecified atom stereocenters. The van der Waals surface area contributed by atoms with E-state index in [4.69, 9.17) is 0 Å². The molecule has 1 aromatic heterocycles. The Kier molecular flexibility index (Phi) is 18.4. The summed E-state index contributed by atoms with van der Waals surface area (Å²) < 4.78 is 2.46. The number of aromatic nitrogens is 1. The molecule has 1 aliphatic rings. The maximum absolute atomic E-state index is 13.8. The lowest BCUT2D eigenvalue weighted by molar-refractivity contribution is -0.124. The first kappa shape index (κ1) is 39.4. The fourth-order valence-electron chi connectivity index (χ4n) is 6.59. The van der Waals surface area contributed by atoms with Crippen molar-refractivity contribution in [2.75, 3.05) is 24.5 Å². The molecule has 256 valence electrons. The summed E-state index contributed by atoms with van der Waals surface area (Å²) in [6.45, 7) is 16.5. The van der Waals surface area contributed by atoms with Crippen LogP contribution in [-0.2, 0) is 24.2 Å². The fourth-order valence-corrected chi connectivity index (χ4v) is 6.59. The predicted molar refractivity (Wildman–Crippen MR) is 194 cm³/mol. The third-order valence-electron chi connectivity index (χ3n) is 9.20. The van der Waals surface area contributed by atoms with Gasteiger partial charge in [-0.05, 0) is 75.1 Å². The largest absolute Gasteiger partial charge is 0.358 e. The minimum Gasteiger partial charge on any atom is -0.358 e. The highest BCUT2D eigenvalue weighted by molar-refractivity contribution is 6.05. The van der Waals surface area contributed by atoms with E-state index in [2.05, 4.69) is 56.2 Å². The fraction of sp³-hybridized carbons (Fsp3) is 0.650. The molecule has 0 spiro atoms. The molecule has 47 heavy (non-hydrogen) atoms. The SMILES string of the molecule is CCCCCCc1c(CCCCCC)c(N(CCCC)CCCC)n(CC)c1/C=C/C1=C(C#N)C(=C(C#N)C#N)N(CCCC)C1=O. The Bertz CT molecular complexity index is 1350. The van der Waals surface area contributed by atoms with E-state index in [0.29, 0.717) is 13.0 Å². The molecular formula is C40H60N6O. The van der Waals surface area contributed by atoms with Crippen LogP contribution in [-0.4, -0.2) is 35.0 Å². The van der Waals surface area contributed by atoms with Gasteiger partial charge in [-0.15, -0.1) is 0 Å². The van der Waals surface area contributed by atoms with Crippen molar-refractivity contribution in [2.24, 2.45) is 0 Å². The van der Waals surface area contributed by atoms with Crippen LogP contribution in [0.15, 0.2) is 28.5 Å². The van der Waals surface area contributed by atoms with E-state index in [9.17, 15) is 20.6 Å². The van der Waals surface area contributed by atoms with E-state index < -0.39 is 0 Å². The highest BCUT2D eigenvalue weighted by Gasteiger charge is 2.36. The van der Waals surface area contributed by atoms with Gasteiger partial charge in [0.2, 0.25) is 0 Å². The first-order valence-corrected chi connectivity index (χ1v) is 18.6. The van der Waals surface area contributed by atoms with Gasteiger partial charge in [-0.2, -0.15) is 15.8 Å². The number of carbonyl (C=O) groups is 1. The lowest BCUT2D eigenvalue weighted by Crippen LogP contribution is -2.29. The van der Waals surface area contributed by atoms with Gasteiger partial charge in [-0.3, -0.25) is 4.79 Å². The summed E-state index contributed by atoms with van der Waals surface area (Å²) in [6, 6.07) is 6.05. The zero-order chi connectivity index (χ0) is 34.6. The van der Waals surface area contributed by atoms with Crippen molar-refractivity contribution in [1.82, 2.24) is 9.47 Å². The average Bonchev–Trinajstić information content (AvgIpc) is 3.52. The number of anilines is 1. The van der Waals surface area contributed by atoms with Crippen LogP contribution in [0.2, 0.25) is 0 Å². The molecule has 2 heterocycles. The molecule has 0 fully saturated rings. The molecule has 0 saturated carbocycles. The van der Waals surface area contributed by atoms with Crippen LogP contribution >= 0.6 is 0 Å². The van der Waals surface area contributed by atoms with Crippen LogP contribution in [0.25, 0.3) is 6.08 Å². The van der Waals surface area contributed by atoms with Gasteiger partial charge in [-0.1, -0.05) is 92.4 Å². The van der Waals surface area contributed by atoms with Gasteiger partial charge in [0.15, 0.2) is 5.57 Å². The number of nitrogens with zero attached hydrogens (tertiary/aromatic N) is 6. The van der Waals surface area contributed by atoms with Crippen LogP contribution in [0.1, 0.15) is 148 Å². The minimum absolute atomic E-state index is 0.118. The number of allylic oxidation sites excluding steroid dienone is 2. The summed E-state index contributed by atoms with van der Waals surface area (Å²) in [5.41, 5.74) is 4.31. The zero-order valence-electron chi connectivity index (χ0n) is 30.4. The van der Waals surface area contributed by atoms with Gasteiger partial charge in [-0.25, -0.2) is 0 Å². The van der Waals surface area contributed by atoms with E-state index in [0.717, 1.165) is 83.1 Å². The number of unbranched alkanes of at least 4 members (excludes halogenated alkanes) is 9. The van der Waals surface area contributed by atoms with Crippen molar-refractivity contribution in [2.45, 2.75) is 151 Å². The third-order valence-corrected chi connectivity index (χ3v) is 9.20. The molecule has 0 N–H and O–H groups in total. The van der Waals surface area contributed by atoms with Crippen LogP contribution in [0.4, 0.5) is 5.82 Å². The first-order chi connectivity index (χ1) is 22.9. The number of nitriles is 3. The first-order valence-electron chi connectivity index (χ1n) is 18.6. The molecule has 1 amide bonds. The van der Waals surface area contributed by atoms with Gasteiger partial charge in [0.25, 0.3) is 5.91 Å². The van der Waals surface area contributed by atoms with Crippen LogP contribution in [0, 0.1) is 34.0 Å². The molecule has 1 aliphatic heterocycles. The van der Waals surface area contributed by atoms with Gasteiger partial charge in [0.1, 0.15) is 24.0 Å². The van der Waals surface area contributed by atoms with Crippen LogP contribution in [0.3, 0.4) is 0 Å². The molecule has 0 saturated heterocycles. The second-order valence-electron chi connectivity index (χ2n) is 12.7.